The predicted octanol–water partition coefficient (Wildman–Crippen LogP) is 2.47. The number of carbonyl (C=O) groups is 1. The van der Waals surface area contributed by atoms with Gasteiger partial charge in [-0.15, -0.1) is 0 Å². The number of carboxylic acid groups (broad SMARTS) is 1. The summed E-state index contributed by atoms with van der Waals surface area (Å²) in [5.74, 6) is 0.0442. The first-order valence-corrected chi connectivity index (χ1v) is 6.66. The number of methoxy groups -OCH3 is 1. The Hall–Kier alpha value is -1.55. The fourth-order valence-electron chi connectivity index (χ4n) is 1.97. The summed E-state index contributed by atoms with van der Waals surface area (Å²) in [6.45, 7) is 4.16. The molecule has 1 aromatic rings. The van der Waals surface area contributed by atoms with Crippen LogP contribution in [0.2, 0.25) is 0 Å². The van der Waals surface area contributed by atoms with Gasteiger partial charge >= 0.3 is 5.97 Å². The van der Waals surface area contributed by atoms with E-state index >= 15 is 0 Å². The van der Waals surface area contributed by atoms with Crippen molar-refractivity contribution in [3.63, 3.8) is 0 Å². The van der Waals surface area contributed by atoms with E-state index < -0.39 is 5.97 Å². The van der Waals surface area contributed by atoms with Crippen molar-refractivity contribution in [2.24, 2.45) is 0 Å². The number of nitrogens with one attached hydrogen (secondary N) is 1. The third kappa shape index (κ3) is 5.75. The number of rotatable bonds is 8. The summed E-state index contributed by atoms with van der Waals surface area (Å²) in [4.78, 5) is 10.9. The standard InChI is InChI=1S/C15H23NO3/c1-4-11(2)16-13(10-15(17)18)9-12-5-7-14(19-3)8-6-12/h5-8,11,13,16H,4,9-10H2,1-3H3,(H,17,18). The molecule has 0 spiro atoms. The third-order valence-electron chi connectivity index (χ3n) is 3.19. The molecule has 2 N–H and O–H groups in total. The smallest absolute Gasteiger partial charge is 0.304 e. The number of benzene rings is 1. The van der Waals surface area contributed by atoms with Crippen LogP contribution in [0.25, 0.3) is 0 Å². The first kappa shape index (κ1) is 15.5. The zero-order valence-electron chi connectivity index (χ0n) is 11.8. The topological polar surface area (TPSA) is 58.6 Å². The molecule has 0 fully saturated rings. The summed E-state index contributed by atoms with van der Waals surface area (Å²) >= 11 is 0. The molecule has 2 unspecified atom stereocenters. The maximum absolute atomic E-state index is 10.9. The lowest BCUT2D eigenvalue weighted by Gasteiger charge is -2.21. The van der Waals surface area contributed by atoms with Crippen molar-refractivity contribution >= 4 is 5.97 Å². The number of ether oxygens (including phenoxy) is 1. The predicted molar refractivity (Wildman–Crippen MR) is 75.6 cm³/mol. The Kier molecular flexibility index (Phi) is 6.36. The average Bonchev–Trinajstić information content (AvgIpc) is 2.38. The van der Waals surface area contributed by atoms with Crippen LogP contribution in [-0.4, -0.2) is 30.3 Å². The summed E-state index contributed by atoms with van der Waals surface area (Å²) in [6, 6.07) is 8.04. The highest BCUT2D eigenvalue weighted by Gasteiger charge is 2.15. The minimum Gasteiger partial charge on any atom is -0.497 e. The molecule has 0 aliphatic heterocycles. The lowest BCUT2D eigenvalue weighted by Crippen LogP contribution is -2.39. The molecule has 106 valence electrons. The maximum atomic E-state index is 10.9. The van der Waals surface area contributed by atoms with Crippen LogP contribution in [-0.2, 0) is 11.2 Å². The number of hydrogen-bond donors (Lipinski definition) is 2. The largest absolute Gasteiger partial charge is 0.497 e. The monoisotopic (exact) mass is 265 g/mol. The van der Waals surface area contributed by atoms with Crippen molar-refractivity contribution in [2.75, 3.05) is 7.11 Å². The molecule has 0 saturated heterocycles. The van der Waals surface area contributed by atoms with Gasteiger partial charge in [0.2, 0.25) is 0 Å². The molecule has 4 nitrogen and oxygen atoms in total. The molecule has 0 heterocycles. The van der Waals surface area contributed by atoms with Gasteiger partial charge in [-0.3, -0.25) is 4.79 Å². The fourth-order valence-corrected chi connectivity index (χ4v) is 1.97. The van der Waals surface area contributed by atoms with Crippen LogP contribution in [0.5, 0.6) is 5.75 Å². The van der Waals surface area contributed by atoms with Gasteiger partial charge in [0, 0.05) is 12.1 Å². The van der Waals surface area contributed by atoms with Gasteiger partial charge in [-0.05, 0) is 37.5 Å². The Morgan fingerprint density at radius 1 is 1.37 bits per heavy atom. The van der Waals surface area contributed by atoms with Gasteiger partial charge in [-0.2, -0.15) is 0 Å². The van der Waals surface area contributed by atoms with Gasteiger partial charge in [0.15, 0.2) is 0 Å². The van der Waals surface area contributed by atoms with Crippen molar-refractivity contribution in [1.82, 2.24) is 5.32 Å². The van der Waals surface area contributed by atoms with E-state index in [4.69, 9.17) is 9.84 Å². The van der Waals surface area contributed by atoms with Gasteiger partial charge in [-0.1, -0.05) is 19.1 Å². The van der Waals surface area contributed by atoms with E-state index in [-0.39, 0.29) is 12.5 Å². The molecule has 2 atom stereocenters. The Balaban J connectivity index is 2.66. The average molecular weight is 265 g/mol. The quantitative estimate of drug-likeness (QED) is 0.758. The molecule has 0 amide bonds. The van der Waals surface area contributed by atoms with E-state index in [0.29, 0.717) is 12.5 Å². The molecule has 1 rings (SSSR count). The van der Waals surface area contributed by atoms with Crippen LogP contribution in [0.15, 0.2) is 24.3 Å². The Bertz CT molecular complexity index is 389. The summed E-state index contributed by atoms with van der Waals surface area (Å²) in [5.41, 5.74) is 1.11. The minimum absolute atomic E-state index is 0.0409. The molecular weight excluding hydrogens is 242 g/mol. The van der Waals surface area contributed by atoms with Gasteiger partial charge in [0.05, 0.1) is 13.5 Å². The van der Waals surface area contributed by atoms with Crippen LogP contribution in [0.3, 0.4) is 0 Å². The number of hydrogen-bond acceptors (Lipinski definition) is 3. The molecule has 0 aromatic heterocycles. The van der Waals surface area contributed by atoms with Crippen LogP contribution < -0.4 is 10.1 Å². The summed E-state index contributed by atoms with van der Waals surface area (Å²) < 4.78 is 5.11. The van der Waals surface area contributed by atoms with E-state index in [1.807, 2.05) is 24.3 Å². The summed E-state index contributed by atoms with van der Waals surface area (Å²) in [6.07, 6.45) is 1.83. The van der Waals surface area contributed by atoms with Crippen LogP contribution >= 0.6 is 0 Å². The molecule has 0 radical (unpaired) electrons. The fraction of sp³-hybridized carbons (Fsp3) is 0.533. The van der Waals surface area contributed by atoms with Crippen LogP contribution in [0.4, 0.5) is 0 Å². The van der Waals surface area contributed by atoms with Gasteiger partial charge in [-0.25, -0.2) is 0 Å². The van der Waals surface area contributed by atoms with Crippen molar-refractivity contribution < 1.29 is 14.6 Å². The van der Waals surface area contributed by atoms with Gasteiger partial charge in [0.25, 0.3) is 0 Å². The van der Waals surface area contributed by atoms with Gasteiger partial charge < -0.3 is 15.2 Å². The van der Waals surface area contributed by atoms with Crippen molar-refractivity contribution in [2.45, 2.75) is 45.2 Å². The first-order valence-electron chi connectivity index (χ1n) is 6.66. The zero-order valence-corrected chi connectivity index (χ0v) is 11.8. The highest BCUT2D eigenvalue weighted by atomic mass is 16.5. The first-order chi connectivity index (χ1) is 9.05. The number of carboxylic acids is 1. The molecule has 0 aliphatic carbocycles. The summed E-state index contributed by atoms with van der Waals surface area (Å²) in [5, 5.41) is 12.3. The normalized spacial score (nSPS) is 13.8. The van der Waals surface area contributed by atoms with Crippen molar-refractivity contribution in [3.05, 3.63) is 29.8 Å². The van der Waals surface area contributed by atoms with Gasteiger partial charge in [0.1, 0.15) is 5.75 Å². The molecule has 4 heteroatoms. The SMILES string of the molecule is CCC(C)NC(CC(=O)O)Cc1ccc(OC)cc1. The van der Waals surface area contributed by atoms with Crippen molar-refractivity contribution in [1.29, 1.82) is 0 Å². The van der Waals surface area contributed by atoms with Crippen LogP contribution in [0.1, 0.15) is 32.3 Å². The van der Waals surface area contributed by atoms with E-state index in [1.165, 1.54) is 0 Å². The molecule has 19 heavy (non-hydrogen) atoms. The Labute approximate surface area is 114 Å². The number of aliphatic carboxylic acids is 1. The second kappa shape index (κ2) is 7.79. The second-order valence-electron chi connectivity index (χ2n) is 4.82. The highest BCUT2D eigenvalue weighted by Crippen LogP contribution is 2.14. The van der Waals surface area contributed by atoms with E-state index in [9.17, 15) is 4.79 Å². The van der Waals surface area contributed by atoms with Crippen LogP contribution in [0, 0.1) is 0 Å². The van der Waals surface area contributed by atoms with E-state index in [1.54, 1.807) is 7.11 Å². The molecule has 0 aliphatic rings. The summed E-state index contributed by atoms with van der Waals surface area (Å²) in [7, 11) is 1.63. The Morgan fingerprint density at radius 3 is 2.47 bits per heavy atom. The minimum atomic E-state index is -0.769. The molecule has 0 saturated carbocycles. The van der Waals surface area contributed by atoms with E-state index in [0.717, 1.165) is 17.7 Å². The highest BCUT2D eigenvalue weighted by molar-refractivity contribution is 5.67. The second-order valence-corrected chi connectivity index (χ2v) is 4.82. The lowest BCUT2D eigenvalue weighted by molar-refractivity contribution is -0.137. The van der Waals surface area contributed by atoms with Crippen molar-refractivity contribution in [3.8, 4) is 5.75 Å². The van der Waals surface area contributed by atoms with E-state index in [2.05, 4.69) is 19.2 Å². The molecule has 1 aromatic carbocycles. The lowest BCUT2D eigenvalue weighted by atomic mass is 10.0. The zero-order chi connectivity index (χ0) is 14.3. The third-order valence-corrected chi connectivity index (χ3v) is 3.19. The Morgan fingerprint density at radius 2 is 2.00 bits per heavy atom. The molecule has 0 bridgehead atoms. The maximum Gasteiger partial charge on any atom is 0.304 e. The molecular formula is C15H23NO3.